The Bertz CT molecular complexity index is 732. The van der Waals surface area contributed by atoms with Crippen LogP contribution in [-0.2, 0) is 11.2 Å². The Balaban J connectivity index is 1.87. The van der Waals surface area contributed by atoms with Crippen LogP contribution >= 0.6 is 0 Å². The first-order chi connectivity index (χ1) is 13.1. The number of pyridine rings is 1. The number of hydrogen-bond donors (Lipinski definition) is 1. The molecule has 0 spiro atoms. The van der Waals surface area contributed by atoms with E-state index in [0.717, 1.165) is 30.6 Å². The number of unbranched alkanes of at least 4 members (excludes halogenated alkanes) is 1. The van der Waals surface area contributed by atoms with Gasteiger partial charge in [-0.1, -0.05) is 19.4 Å². The van der Waals surface area contributed by atoms with E-state index in [0.29, 0.717) is 30.2 Å². The van der Waals surface area contributed by atoms with E-state index in [9.17, 15) is 4.79 Å². The third-order valence-electron chi connectivity index (χ3n) is 4.39. The minimum absolute atomic E-state index is 0.0654. The maximum atomic E-state index is 12.2. The van der Waals surface area contributed by atoms with Gasteiger partial charge in [-0.25, -0.2) is 4.98 Å². The summed E-state index contributed by atoms with van der Waals surface area (Å²) in [6, 6.07) is 9.50. The first kappa shape index (κ1) is 20.6. The van der Waals surface area contributed by atoms with Crippen LogP contribution in [-0.4, -0.2) is 38.7 Å². The summed E-state index contributed by atoms with van der Waals surface area (Å²) in [5.41, 5.74) is 2.07. The van der Waals surface area contributed by atoms with Gasteiger partial charge in [-0.05, 0) is 42.7 Å². The highest BCUT2D eigenvalue weighted by Gasteiger charge is 2.08. The van der Waals surface area contributed by atoms with Gasteiger partial charge in [-0.15, -0.1) is 0 Å². The van der Waals surface area contributed by atoms with E-state index in [1.54, 1.807) is 20.4 Å². The van der Waals surface area contributed by atoms with E-state index in [1.165, 1.54) is 0 Å². The Morgan fingerprint density at radius 2 is 1.93 bits per heavy atom. The summed E-state index contributed by atoms with van der Waals surface area (Å²) in [7, 11) is 5.25. The molecule has 0 fully saturated rings. The van der Waals surface area contributed by atoms with Crippen LogP contribution in [0.2, 0.25) is 0 Å². The second-order valence-corrected chi connectivity index (χ2v) is 6.41. The number of ether oxygens (including phenoxy) is 2. The van der Waals surface area contributed by atoms with Gasteiger partial charge in [0, 0.05) is 20.0 Å². The fourth-order valence-corrected chi connectivity index (χ4v) is 2.71. The van der Waals surface area contributed by atoms with E-state index in [-0.39, 0.29) is 5.91 Å². The van der Waals surface area contributed by atoms with Gasteiger partial charge in [0.25, 0.3) is 0 Å². The fraction of sp³-hybridized carbons (Fsp3) is 0.429. The largest absolute Gasteiger partial charge is 0.493 e. The third kappa shape index (κ3) is 6.16. The molecule has 0 atom stereocenters. The Labute approximate surface area is 161 Å². The van der Waals surface area contributed by atoms with Gasteiger partial charge in [0.15, 0.2) is 11.5 Å². The molecular formula is C21H29N3O3. The SMILES string of the molecule is CCCCN(C)c1ccc(NC(=O)CCc2ccc(OC)c(OC)c2)nc1. The van der Waals surface area contributed by atoms with E-state index in [4.69, 9.17) is 9.47 Å². The van der Waals surface area contributed by atoms with Gasteiger partial charge < -0.3 is 19.7 Å². The predicted octanol–water partition coefficient (Wildman–Crippen LogP) is 3.91. The number of benzene rings is 1. The molecule has 6 heteroatoms. The molecule has 0 aliphatic rings. The van der Waals surface area contributed by atoms with Gasteiger partial charge in [0.2, 0.25) is 5.91 Å². The number of hydrogen-bond acceptors (Lipinski definition) is 5. The summed E-state index contributed by atoms with van der Waals surface area (Å²) in [4.78, 5) is 18.7. The molecule has 0 saturated heterocycles. The minimum atomic E-state index is -0.0654. The number of nitrogens with one attached hydrogen (secondary N) is 1. The first-order valence-electron chi connectivity index (χ1n) is 9.25. The molecule has 0 radical (unpaired) electrons. The summed E-state index contributed by atoms with van der Waals surface area (Å²) in [6.07, 6.45) is 5.08. The highest BCUT2D eigenvalue weighted by molar-refractivity contribution is 5.90. The number of aromatic nitrogens is 1. The van der Waals surface area contributed by atoms with Crippen molar-refractivity contribution in [2.75, 3.05) is 38.0 Å². The highest BCUT2D eigenvalue weighted by atomic mass is 16.5. The average Bonchev–Trinajstić information content (AvgIpc) is 2.70. The molecule has 6 nitrogen and oxygen atoms in total. The number of carbonyl (C=O) groups is 1. The molecule has 1 aromatic carbocycles. The lowest BCUT2D eigenvalue weighted by atomic mass is 10.1. The number of amides is 1. The minimum Gasteiger partial charge on any atom is -0.493 e. The van der Waals surface area contributed by atoms with Crippen LogP contribution in [0.15, 0.2) is 36.5 Å². The van der Waals surface area contributed by atoms with Crippen molar-refractivity contribution in [2.45, 2.75) is 32.6 Å². The van der Waals surface area contributed by atoms with Crippen molar-refractivity contribution in [2.24, 2.45) is 0 Å². The van der Waals surface area contributed by atoms with E-state index < -0.39 is 0 Å². The van der Waals surface area contributed by atoms with Crippen LogP contribution in [0, 0.1) is 0 Å². The van der Waals surface area contributed by atoms with E-state index in [1.807, 2.05) is 37.4 Å². The monoisotopic (exact) mass is 371 g/mol. The molecule has 1 heterocycles. The summed E-state index contributed by atoms with van der Waals surface area (Å²) in [5, 5.41) is 2.85. The molecule has 27 heavy (non-hydrogen) atoms. The Hall–Kier alpha value is -2.76. The lowest BCUT2D eigenvalue weighted by molar-refractivity contribution is -0.116. The van der Waals surface area contributed by atoms with Crippen molar-refractivity contribution in [3.8, 4) is 11.5 Å². The van der Waals surface area contributed by atoms with Crippen molar-refractivity contribution in [1.29, 1.82) is 0 Å². The quantitative estimate of drug-likeness (QED) is 0.686. The Kier molecular flexibility index (Phi) is 7.92. The lowest BCUT2D eigenvalue weighted by Crippen LogP contribution is -2.19. The summed E-state index contributed by atoms with van der Waals surface area (Å²) >= 11 is 0. The number of rotatable bonds is 10. The van der Waals surface area contributed by atoms with Crippen LogP contribution in [0.5, 0.6) is 11.5 Å². The van der Waals surface area contributed by atoms with Gasteiger partial charge in [0.05, 0.1) is 26.1 Å². The summed E-state index contributed by atoms with van der Waals surface area (Å²) in [5.74, 6) is 1.85. The van der Waals surface area contributed by atoms with Crippen LogP contribution in [0.3, 0.4) is 0 Å². The van der Waals surface area contributed by atoms with E-state index in [2.05, 4.69) is 22.1 Å². The molecule has 1 amide bonds. The first-order valence-corrected chi connectivity index (χ1v) is 9.25. The summed E-state index contributed by atoms with van der Waals surface area (Å²) < 4.78 is 10.5. The Morgan fingerprint density at radius 3 is 2.56 bits per heavy atom. The standard InChI is InChI=1S/C21H29N3O3/c1-5-6-13-24(2)17-9-11-20(22-15-17)23-21(25)12-8-16-7-10-18(26-3)19(14-16)27-4/h7,9-11,14-15H,5-6,8,12-13H2,1-4H3,(H,22,23,25). The lowest BCUT2D eigenvalue weighted by Gasteiger charge is -2.18. The van der Waals surface area contributed by atoms with Gasteiger partial charge in [-0.2, -0.15) is 0 Å². The number of anilines is 2. The zero-order chi connectivity index (χ0) is 19.6. The molecule has 0 unspecified atom stereocenters. The van der Waals surface area contributed by atoms with E-state index >= 15 is 0 Å². The van der Waals surface area contributed by atoms with Crippen molar-refractivity contribution in [3.05, 3.63) is 42.1 Å². The number of carbonyl (C=O) groups excluding carboxylic acids is 1. The van der Waals surface area contributed by atoms with Gasteiger partial charge >= 0.3 is 0 Å². The molecule has 0 aliphatic heterocycles. The highest BCUT2D eigenvalue weighted by Crippen LogP contribution is 2.28. The van der Waals surface area contributed by atoms with Crippen LogP contribution in [0.1, 0.15) is 31.7 Å². The second-order valence-electron chi connectivity index (χ2n) is 6.41. The van der Waals surface area contributed by atoms with Crippen molar-refractivity contribution in [1.82, 2.24) is 4.98 Å². The molecule has 2 rings (SSSR count). The molecule has 1 N–H and O–H groups in total. The number of aryl methyl sites for hydroxylation is 1. The molecule has 146 valence electrons. The van der Waals surface area contributed by atoms with Crippen molar-refractivity contribution in [3.63, 3.8) is 0 Å². The normalized spacial score (nSPS) is 10.4. The zero-order valence-corrected chi connectivity index (χ0v) is 16.6. The van der Waals surface area contributed by atoms with Crippen LogP contribution in [0.25, 0.3) is 0 Å². The topological polar surface area (TPSA) is 63.7 Å². The van der Waals surface area contributed by atoms with Crippen LogP contribution in [0.4, 0.5) is 11.5 Å². The van der Waals surface area contributed by atoms with Crippen molar-refractivity contribution >= 4 is 17.4 Å². The zero-order valence-electron chi connectivity index (χ0n) is 16.6. The maximum Gasteiger partial charge on any atom is 0.225 e. The third-order valence-corrected chi connectivity index (χ3v) is 4.39. The number of methoxy groups -OCH3 is 2. The Morgan fingerprint density at radius 1 is 1.15 bits per heavy atom. The molecule has 2 aromatic rings. The van der Waals surface area contributed by atoms with Gasteiger partial charge in [-0.3, -0.25) is 4.79 Å². The molecule has 1 aromatic heterocycles. The molecular weight excluding hydrogens is 342 g/mol. The predicted molar refractivity (Wildman–Crippen MR) is 109 cm³/mol. The van der Waals surface area contributed by atoms with Gasteiger partial charge in [0.1, 0.15) is 5.82 Å². The molecule has 0 bridgehead atoms. The maximum absolute atomic E-state index is 12.2. The van der Waals surface area contributed by atoms with Crippen LogP contribution < -0.4 is 19.7 Å². The smallest absolute Gasteiger partial charge is 0.225 e. The fourth-order valence-electron chi connectivity index (χ4n) is 2.71. The average molecular weight is 371 g/mol. The number of nitrogens with zero attached hydrogens (tertiary/aromatic N) is 2. The summed E-state index contributed by atoms with van der Waals surface area (Å²) in [6.45, 7) is 3.17. The second kappa shape index (κ2) is 10.4. The molecule has 0 saturated carbocycles. The molecule has 0 aliphatic carbocycles. The van der Waals surface area contributed by atoms with Crippen molar-refractivity contribution < 1.29 is 14.3 Å².